The molecule has 0 spiro atoms. The maximum atomic E-state index is 12.1. The number of nitrogens with one attached hydrogen (secondary N) is 1. The predicted molar refractivity (Wildman–Crippen MR) is 76.4 cm³/mol. The van der Waals surface area contributed by atoms with Crippen LogP contribution in [0, 0.1) is 0 Å². The van der Waals surface area contributed by atoms with Gasteiger partial charge in [-0.15, -0.1) is 0 Å². The molecule has 2 aromatic carbocycles. The molecule has 0 saturated carbocycles. The Kier molecular flexibility index (Phi) is 3.94. The highest BCUT2D eigenvalue weighted by Crippen LogP contribution is 2.26. The topological polar surface area (TPSA) is 46.2 Å². The molecule has 0 amide bonds. The van der Waals surface area contributed by atoms with E-state index in [1.807, 2.05) is 6.07 Å². The molecule has 2 aromatic rings. The van der Waals surface area contributed by atoms with Crippen molar-refractivity contribution in [2.75, 3.05) is 4.72 Å². The number of benzene rings is 2. The molecule has 0 aromatic heterocycles. The van der Waals surface area contributed by atoms with E-state index in [1.54, 1.807) is 36.4 Å². The normalized spacial score (nSPS) is 11.2. The van der Waals surface area contributed by atoms with Crippen LogP contribution in [0.2, 0.25) is 5.02 Å². The number of hydrogen-bond acceptors (Lipinski definition) is 2. The number of anilines is 1. The third-order valence-electron chi connectivity index (χ3n) is 2.21. The van der Waals surface area contributed by atoms with Crippen molar-refractivity contribution in [3.8, 4) is 0 Å². The second kappa shape index (κ2) is 5.30. The lowest BCUT2D eigenvalue weighted by atomic mass is 10.3. The number of para-hydroxylation sites is 1. The van der Waals surface area contributed by atoms with Gasteiger partial charge in [-0.05, 0) is 30.3 Å². The highest BCUT2D eigenvalue weighted by molar-refractivity contribution is 9.10. The van der Waals surface area contributed by atoms with Crippen LogP contribution in [0.25, 0.3) is 0 Å². The van der Waals surface area contributed by atoms with Gasteiger partial charge in [0.25, 0.3) is 10.0 Å². The summed E-state index contributed by atoms with van der Waals surface area (Å²) in [5.41, 5.74) is 0.497. The Labute approximate surface area is 119 Å². The first kappa shape index (κ1) is 13.4. The first-order valence-corrected chi connectivity index (χ1v) is 7.67. The molecule has 0 aliphatic carbocycles. The minimum atomic E-state index is -3.66. The zero-order valence-electron chi connectivity index (χ0n) is 9.10. The van der Waals surface area contributed by atoms with Gasteiger partial charge in [0.05, 0.1) is 5.02 Å². The summed E-state index contributed by atoms with van der Waals surface area (Å²) in [5.74, 6) is 0. The molecular formula is C12H9BrClNO2S. The lowest BCUT2D eigenvalue weighted by molar-refractivity contribution is 0.601. The minimum Gasteiger partial charge on any atom is -0.280 e. The van der Waals surface area contributed by atoms with Crippen molar-refractivity contribution in [2.45, 2.75) is 4.90 Å². The van der Waals surface area contributed by atoms with E-state index in [4.69, 9.17) is 11.6 Å². The average molecular weight is 347 g/mol. The Morgan fingerprint density at radius 3 is 2.33 bits per heavy atom. The SMILES string of the molecule is O=S(=O)(Nc1ccccc1)c1ccc(Br)cc1Cl. The summed E-state index contributed by atoms with van der Waals surface area (Å²) in [5, 5.41) is 0.174. The van der Waals surface area contributed by atoms with Crippen molar-refractivity contribution in [1.29, 1.82) is 0 Å². The van der Waals surface area contributed by atoms with Gasteiger partial charge in [-0.25, -0.2) is 8.42 Å². The highest BCUT2D eigenvalue weighted by atomic mass is 79.9. The van der Waals surface area contributed by atoms with Crippen LogP contribution < -0.4 is 4.72 Å². The Hall–Kier alpha value is -1.04. The Bertz CT molecular complexity index is 659. The van der Waals surface area contributed by atoms with Crippen LogP contribution in [0.4, 0.5) is 5.69 Å². The van der Waals surface area contributed by atoms with Gasteiger partial charge < -0.3 is 0 Å². The fourth-order valence-electron chi connectivity index (χ4n) is 1.41. The third-order valence-corrected chi connectivity index (χ3v) is 4.57. The van der Waals surface area contributed by atoms with E-state index in [2.05, 4.69) is 20.7 Å². The fraction of sp³-hybridized carbons (Fsp3) is 0. The van der Waals surface area contributed by atoms with Crippen molar-refractivity contribution >= 4 is 43.2 Å². The molecule has 0 aliphatic rings. The number of sulfonamides is 1. The van der Waals surface area contributed by atoms with Crippen LogP contribution in [0.5, 0.6) is 0 Å². The average Bonchev–Trinajstić information content (AvgIpc) is 2.29. The summed E-state index contributed by atoms with van der Waals surface area (Å²) in [6.07, 6.45) is 0. The van der Waals surface area contributed by atoms with Crippen LogP contribution in [0.1, 0.15) is 0 Å². The minimum absolute atomic E-state index is 0.0521. The monoisotopic (exact) mass is 345 g/mol. The van der Waals surface area contributed by atoms with Crippen LogP contribution in [0.15, 0.2) is 57.9 Å². The van der Waals surface area contributed by atoms with Gasteiger partial charge in [0.1, 0.15) is 4.90 Å². The number of rotatable bonds is 3. The molecule has 3 nitrogen and oxygen atoms in total. The molecule has 6 heteroatoms. The van der Waals surface area contributed by atoms with Gasteiger partial charge >= 0.3 is 0 Å². The van der Waals surface area contributed by atoms with Crippen LogP contribution in [0.3, 0.4) is 0 Å². The summed E-state index contributed by atoms with van der Waals surface area (Å²) >= 11 is 9.16. The summed E-state index contributed by atoms with van der Waals surface area (Å²) in [4.78, 5) is 0.0521. The van der Waals surface area contributed by atoms with Gasteiger partial charge in [-0.2, -0.15) is 0 Å². The second-order valence-corrected chi connectivity index (χ2v) is 6.52. The summed E-state index contributed by atoms with van der Waals surface area (Å²) < 4.78 is 27.4. The number of halogens is 2. The molecule has 0 radical (unpaired) electrons. The van der Waals surface area contributed by atoms with Crippen molar-refractivity contribution in [2.24, 2.45) is 0 Å². The lowest BCUT2D eigenvalue weighted by Crippen LogP contribution is -2.13. The molecular weight excluding hydrogens is 338 g/mol. The first-order chi connectivity index (χ1) is 8.49. The summed E-state index contributed by atoms with van der Waals surface area (Å²) in [6.45, 7) is 0. The zero-order valence-corrected chi connectivity index (χ0v) is 12.3. The molecule has 0 aliphatic heterocycles. The van der Waals surface area contributed by atoms with Gasteiger partial charge in [0.15, 0.2) is 0 Å². The molecule has 94 valence electrons. The smallest absolute Gasteiger partial charge is 0.263 e. The van der Waals surface area contributed by atoms with E-state index in [0.29, 0.717) is 5.69 Å². The molecule has 0 atom stereocenters. The fourth-order valence-corrected chi connectivity index (χ4v) is 3.51. The predicted octanol–water partition coefficient (Wildman–Crippen LogP) is 3.90. The van der Waals surface area contributed by atoms with Gasteiger partial charge in [-0.1, -0.05) is 45.7 Å². The molecule has 1 N–H and O–H groups in total. The van der Waals surface area contributed by atoms with Gasteiger partial charge in [0.2, 0.25) is 0 Å². The van der Waals surface area contributed by atoms with E-state index in [1.165, 1.54) is 6.07 Å². The third kappa shape index (κ3) is 3.04. The molecule has 18 heavy (non-hydrogen) atoms. The van der Waals surface area contributed by atoms with Crippen molar-refractivity contribution in [3.63, 3.8) is 0 Å². The van der Waals surface area contributed by atoms with E-state index in [-0.39, 0.29) is 9.92 Å². The highest BCUT2D eigenvalue weighted by Gasteiger charge is 2.17. The van der Waals surface area contributed by atoms with Crippen molar-refractivity contribution < 1.29 is 8.42 Å². The quantitative estimate of drug-likeness (QED) is 0.916. The van der Waals surface area contributed by atoms with E-state index in [9.17, 15) is 8.42 Å². The Morgan fingerprint density at radius 2 is 1.72 bits per heavy atom. The number of hydrogen-bond donors (Lipinski definition) is 1. The van der Waals surface area contributed by atoms with Crippen LogP contribution in [-0.2, 0) is 10.0 Å². The first-order valence-electron chi connectivity index (χ1n) is 5.02. The van der Waals surface area contributed by atoms with Crippen molar-refractivity contribution in [3.05, 3.63) is 58.0 Å². The van der Waals surface area contributed by atoms with Crippen molar-refractivity contribution in [1.82, 2.24) is 0 Å². The largest absolute Gasteiger partial charge is 0.280 e. The van der Waals surface area contributed by atoms with Gasteiger partial charge in [0, 0.05) is 10.2 Å². The molecule has 0 unspecified atom stereocenters. The molecule has 2 rings (SSSR count). The second-order valence-electron chi connectivity index (χ2n) is 3.55. The van der Waals surface area contributed by atoms with Crippen LogP contribution in [-0.4, -0.2) is 8.42 Å². The van der Waals surface area contributed by atoms with E-state index >= 15 is 0 Å². The lowest BCUT2D eigenvalue weighted by Gasteiger charge is -2.09. The molecule has 0 fully saturated rings. The maximum absolute atomic E-state index is 12.1. The Balaban J connectivity index is 2.37. The summed E-state index contributed by atoms with van der Waals surface area (Å²) in [6, 6.07) is 13.3. The summed E-state index contributed by atoms with van der Waals surface area (Å²) in [7, 11) is -3.66. The molecule has 0 bridgehead atoms. The molecule has 0 heterocycles. The van der Waals surface area contributed by atoms with E-state index in [0.717, 1.165) is 4.47 Å². The maximum Gasteiger partial charge on any atom is 0.263 e. The Morgan fingerprint density at radius 1 is 1.06 bits per heavy atom. The molecule has 0 saturated heterocycles. The van der Waals surface area contributed by atoms with Crippen LogP contribution >= 0.6 is 27.5 Å². The van der Waals surface area contributed by atoms with Gasteiger partial charge in [-0.3, -0.25) is 4.72 Å². The van der Waals surface area contributed by atoms with E-state index < -0.39 is 10.0 Å². The standard InChI is InChI=1S/C12H9BrClNO2S/c13-9-6-7-12(11(14)8-9)18(16,17)15-10-4-2-1-3-5-10/h1-8,15H. The zero-order chi connectivity index (χ0) is 13.2.